The van der Waals surface area contributed by atoms with E-state index in [0.29, 0.717) is 0 Å². The van der Waals surface area contributed by atoms with Crippen molar-refractivity contribution in [2.45, 2.75) is 25.8 Å². The Morgan fingerprint density at radius 2 is 2.23 bits per heavy atom. The molecule has 0 radical (unpaired) electrons. The topological polar surface area (TPSA) is 73.9 Å². The average molecular weight is 186 g/mol. The lowest BCUT2D eigenvalue weighted by Crippen LogP contribution is -2.33. The molecule has 0 aromatic heterocycles. The number of hydroxylamine groups is 1. The predicted octanol–water partition coefficient (Wildman–Crippen LogP) is -0.236. The van der Waals surface area contributed by atoms with Gasteiger partial charge < -0.3 is 10.6 Å². The maximum absolute atomic E-state index is 8.43. The highest BCUT2D eigenvalue weighted by Gasteiger charge is 2.13. The SMILES string of the molecule is CC(CN1CCCC1)N=C(N)NO. The first kappa shape index (κ1) is 10.3. The van der Waals surface area contributed by atoms with Crippen LogP contribution in [0.25, 0.3) is 0 Å². The monoisotopic (exact) mass is 186 g/mol. The van der Waals surface area contributed by atoms with Gasteiger partial charge in [-0.05, 0) is 32.9 Å². The van der Waals surface area contributed by atoms with Crippen LogP contribution in [-0.2, 0) is 0 Å². The van der Waals surface area contributed by atoms with Gasteiger partial charge in [0.05, 0.1) is 6.04 Å². The van der Waals surface area contributed by atoms with E-state index in [9.17, 15) is 0 Å². The van der Waals surface area contributed by atoms with Crippen LogP contribution in [0.5, 0.6) is 0 Å². The Labute approximate surface area is 78.6 Å². The van der Waals surface area contributed by atoms with E-state index in [2.05, 4.69) is 9.89 Å². The van der Waals surface area contributed by atoms with Crippen LogP contribution in [-0.4, -0.2) is 41.7 Å². The third-order valence-corrected chi connectivity index (χ3v) is 2.20. The summed E-state index contributed by atoms with van der Waals surface area (Å²) in [5.41, 5.74) is 7.15. The van der Waals surface area contributed by atoms with Crippen molar-refractivity contribution in [3.05, 3.63) is 0 Å². The molecule has 0 aliphatic carbocycles. The maximum Gasteiger partial charge on any atom is 0.213 e. The van der Waals surface area contributed by atoms with Crippen LogP contribution in [0.2, 0.25) is 0 Å². The molecule has 0 bridgehead atoms. The van der Waals surface area contributed by atoms with E-state index in [0.717, 1.165) is 19.6 Å². The molecule has 1 fully saturated rings. The zero-order chi connectivity index (χ0) is 9.68. The van der Waals surface area contributed by atoms with Gasteiger partial charge in [0.15, 0.2) is 0 Å². The van der Waals surface area contributed by atoms with Crippen LogP contribution in [0.3, 0.4) is 0 Å². The van der Waals surface area contributed by atoms with E-state index in [1.807, 2.05) is 12.4 Å². The molecule has 13 heavy (non-hydrogen) atoms. The Bertz CT molecular complexity index is 177. The van der Waals surface area contributed by atoms with Crippen LogP contribution in [0.1, 0.15) is 19.8 Å². The summed E-state index contributed by atoms with van der Waals surface area (Å²) in [7, 11) is 0. The van der Waals surface area contributed by atoms with Gasteiger partial charge >= 0.3 is 0 Å². The van der Waals surface area contributed by atoms with E-state index in [1.54, 1.807) is 0 Å². The average Bonchev–Trinajstić information content (AvgIpc) is 2.56. The van der Waals surface area contributed by atoms with E-state index in [1.165, 1.54) is 12.8 Å². The van der Waals surface area contributed by atoms with Crippen molar-refractivity contribution in [3.63, 3.8) is 0 Å². The summed E-state index contributed by atoms with van der Waals surface area (Å²) in [5, 5.41) is 8.43. The molecule has 0 saturated carbocycles. The molecule has 1 aliphatic heterocycles. The second kappa shape index (κ2) is 5.04. The molecule has 76 valence electrons. The van der Waals surface area contributed by atoms with Gasteiger partial charge in [-0.15, -0.1) is 0 Å². The Hall–Kier alpha value is -0.810. The fourth-order valence-electron chi connectivity index (χ4n) is 1.65. The summed E-state index contributed by atoms with van der Waals surface area (Å²) in [4.78, 5) is 6.41. The van der Waals surface area contributed by atoms with Gasteiger partial charge in [0.2, 0.25) is 5.96 Å². The first-order valence-electron chi connectivity index (χ1n) is 4.68. The highest BCUT2D eigenvalue weighted by Crippen LogP contribution is 2.08. The quantitative estimate of drug-likeness (QED) is 0.323. The highest BCUT2D eigenvalue weighted by atomic mass is 16.5. The third kappa shape index (κ3) is 3.61. The Balaban J connectivity index is 2.27. The molecule has 0 aromatic carbocycles. The second-order valence-electron chi connectivity index (χ2n) is 3.48. The standard InChI is InChI=1S/C8H18N4O/c1-7(10-8(9)11-13)6-12-4-2-3-5-12/h7,13H,2-6H2,1H3,(H3,9,10,11). The summed E-state index contributed by atoms with van der Waals surface area (Å²) >= 11 is 0. The van der Waals surface area contributed by atoms with Gasteiger partial charge in [0.25, 0.3) is 0 Å². The zero-order valence-electron chi connectivity index (χ0n) is 8.03. The van der Waals surface area contributed by atoms with E-state index in [-0.39, 0.29) is 12.0 Å². The van der Waals surface area contributed by atoms with Gasteiger partial charge in [-0.2, -0.15) is 0 Å². The van der Waals surface area contributed by atoms with Crippen molar-refractivity contribution in [2.24, 2.45) is 10.7 Å². The molecule has 4 N–H and O–H groups in total. The summed E-state index contributed by atoms with van der Waals surface area (Å²) < 4.78 is 0. The summed E-state index contributed by atoms with van der Waals surface area (Å²) in [5.74, 6) is 0.0895. The molecule has 1 saturated heterocycles. The largest absolute Gasteiger partial charge is 0.368 e. The molecule has 5 nitrogen and oxygen atoms in total. The van der Waals surface area contributed by atoms with Crippen molar-refractivity contribution in [2.75, 3.05) is 19.6 Å². The number of rotatable bonds is 3. The van der Waals surface area contributed by atoms with Crippen molar-refractivity contribution in [1.82, 2.24) is 10.4 Å². The second-order valence-corrected chi connectivity index (χ2v) is 3.48. The lowest BCUT2D eigenvalue weighted by Gasteiger charge is -2.17. The lowest BCUT2D eigenvalue weighted by atomic mass is 10.3. The number of nitrogens with zero attached hydrogens (tertiary/aromatic N) is 2. The molecule has 1 heterocycles. The highest BCUT2D eigenvalue weighted by molar-refractivity contribution is 5.76. The molecule has 0 aromatic rings. The Morgan fingerprint density at radius 1 is 1.62 bits per heavy atom. The molecule has 5 heteroatoms. The minimum atomic E-state index is 0.0895. The zero-order valence-corrected chi connectivity index (χ0v) is 8.03. The van der Waals surface area contributed by atoms with E-state index < -0.39 is 0 Å². The third-order valence-electron chi connectivity index (χ3n) is 2.20. The summed E-state index contributed by atoms with van der Waals surface area (Å²) in [6, 6.07) is 0.137. The van der Waals surface area contributed by atoms with Gasteiger partial charge in [-0.3, -0.25) is 5.21 Å². The van der Waals surface area contributed by atoms with Gasteiger partial charge in [0.1, 0.15) is 0 Å². The smallest absolute Gasteiger partial charge is 0.213 e. The first-order chi connectivity index (χ1) is 6.22. The first-order valence-corrected chi connectivity index (χ1v) is 4.68. The molecule has 1 rings (SSSR count). The van der Waals surface area contributed by atoms with Crippen LogP contribution in [0.4, 0.5) is 0 Å². The number of nitrogens with one attached hydrogen (secondary N) is 1. The van der Waals surface area contributed by atoms with Crippen LogP contribution in [0.15, 0.2) is 4.99 Å². The van der Waals surface area contributed by atoms with Gasteiger partial charge in [-0.25, -0.2) is 10.5 Å². The summed E-state index contributed by atoms with van der Waals surface area (Å²) in [6.07, 6.45) is 2.56. The van der Waals surface area contributed by atoms with Crippen molar-refractivity contribution >= 4 is 5.96 Å². The normalized spacial score (nSPS) is 21.8. The van der Waals surface area contributed by atoms with Gasteiger partial charge in [0, 0.05) is 6.54 Å². The molecule has 0 spiro atoms. The van der Waals surface area contributed by atoms with Crippen molar-refractivity contribution in [3.8, 4) is 0 Å². The molecule has 1 aliphatic rings. The Kier molecular flexibility index (Phi) is 3.98. The number of nitrogens with two attached hydrogens (primary N) is 1. The van der Waals surface area contributed by atoms with Crippen molar-refractivity contribution < 1.29 is 5.21 Å². The minimum absolute atomic E-state index is 0.0895. The molecule has 0 amide bonds. The molecular weight excluding hydrogens is 168 g/mol. The predicted molar refractivity (Wildman–Crippen MR) is 51.7 cm³/mol. The lowest BCUT2D eigenvalue weighted by molar-refractivity contribution is 0.231. The summed E-state index contributed by atoms with van der Waals surface area (Å²) in [6.45, 7) is 5.23. The van der Waals surface area contributed by atoms with E-state index >= 15 is 0 Å². The molecule has 1 unspecified atom stereocenters. The fourth-order valence-corrected chi connectivity index (χ4v) is 1.65. The number of aliphatic imine (C=N–C) groups is 1. The van der Waals surface area contributed by atoms with Crippen LogP contribution >= 0.6 is 0 Å². The molecule has 1 atom stereocenters. The minimum Gasteiger partial charge on any atom is -0.368 e. The van der Waals surface area contributed by atoms with Crippen molar-refractivity contribution in [1.29, 1.82) is 0 Å². The number of hydrogen-bond acceptors (Lipinski definition) is 3. The molecular formula is C8H18N4O. The van der Waals surface area contributed by atoms with Crippen LogP contribution in [0, 0.1) is 0 Å². The Morgan fingerprint density at radius 3 is 2.77 bits per heavy atom. The fraction of sp³-hybridized carbons (Fsp3) is 0.875. The number of guanidine groups is 1. The number of likely N-dealkylation sites (tertiary alicyclic amines) is 1. The van der Waals surface area contributed by atoms with E-state index in [4.69, 9.17) is 10.9 Å². The van der Waals surface area contributed by atoms with Crippen LogP contribution < -0.4 is 11.2 Å². The number of hydrogen-bond donors (Lipinski definition) is 3. The maximum atomic E-state index is 8.43. The van der Waals surface area contributed by atoms with Gasteiger partial charge in [-0.1, -0.05) is 0 Å².